The van der Waals surface area contributed by atoms with E-state index in [-0.39, 0.29) is 0 Å². The van der Waals surface area contributed by atoms with Gasteiger partial charge in [-0.25, -0.2) is 0 Å². The van der Waals surface area contributed by atoms with Crippen LogP contribution in [0.5, 0.6) is 0 Å². The molecule has 1 aromatic heterocycles. The predicted octanol–water partition coefficient (Wildman–Crippen LogP) is 0.843. The first-order chi connectivity index (χ1) is 5.36. The van der Waals surface area contributed by atoms with Crippen molar-refractivity contribution in [3.8, 4) is 0 Å². The molecule has 0 aliphatic rings. The third-order valence-corrected chi connectivity index (χ3v) is 1.46. The number of aromatic nitrogens is 1. The summed E-state index contributed by atoms with van der Waals surface area (Å²) in [5.74, 6) is 0. The van der Waals surface area contributed by atoms with E-state index in [2.05, 4.69) is 21.7 Å². The van der Waals surface area contributed by atoms with E-state index in [0.29, 0.717) is 0 Å². The first-order valence-corrected chi connectivity index (χ1v) is 3.63. The summed E-state index contributed by atoms with van der Waals surface area (Å²) >= 11 is 0. The Kier molecular flexibility index (Phi) is 2.86. The molecule has 2 N–H and O–H groups in total. The van der Waals surface area contributed by atoms with Crippen molar-refractivity contribution in [2.75, 3.05) is 19.4 Å². The molecule has 0 amide bonds. The summed E-state index contributed by atoms with van der Waals surface area (Å²) in [7, 11) is 3.81. The van der Waals surface area contributed by atoms with E-state index >= 15 is 0 Å². The number of nitrogens with zero attached hydrogens (tertiary/aromatic N) is 1. The molecular weight excluding hydrogens is 138 g/mol. The summed E-state index contributed by atoms with van der Waals surface area (Å²) in [6.45, 7) is 0.864. The molecule has 0 atom stereocenters. The number of nitrogens with one attached hydrogen (secondary N) is 2. The maximum Gasteiger partial charge on any atom is 0.0527 e. The Bertz CT molecular complexity index is 222. The van der Waals surface area contributed by atoms with E-state index in [1.54, 1.807) is 6.20 Å². The van der Waals surface area contributed by atoms with Crippen molar-refractivity contribution in [3.63, 3.8) is 0 Å². The van der Waals surface area contributed by atoms with Crippen LogP contribution >= 0.6 is 0 Å². The molecule has 0 spiro atoms. The summed E-state index contributed by atoms with van der Waals surface area (Å²) in [6.07, 6.45) is 3.66. The maximum atomic E-state index is 4.07. The Morgan fingerprint density at radius 3 is 2.82 bits per heavy atom. The van der Waals surface area contributed by atoms with Gasteiger partial charge in [-0.2, -0.15) is 0 Å². The average molecular weight is 151 g/mol. The number of anilines is 1. The highest BCUT2D eigenvalue weighted by Gasteiger charge is 1.92. The fourth-order valence-electron chi connectivity index (χ4n) is 0.925. The fourth-order valence-corrected chi connectivity index (χ4v) is 0.925. The molecule has 1 aromatic rings. The molecule has 3 nitrogen and oxygen atoms in total. The Hall–Kier alpha value is -1.09. The zero-order valence-electron chi connectivity index (χ0n) is 6.89. The lowest BCUT2D eigenvalue weighted by molar-refractivity contribution is 0.813. The minimum Gasteiger partial charge on any atom is -0.387 e. The molecule has 1 rings (SSSR count). The Morgan fingerprint density at radius 2 is 2.18 bits per heavy atom. The molecular formula is C8H13N3. The van der Waals surface area contributed by atoms with Crippen LogP contribution in [0.1, 0.15) is 5.56 Å². The van der Waals surface area contributed by atoms with Crippen LogP contribution in [-0.4, -0.2) is 19.1 Å². The minimum atomic E-state index is 0.864. The van der Waals surface area contributed by atoms with Gasteiger partial charge in [0.05, 0.1) is 5.69 Å². The van der Waals surface area contributed by atoms with Gasteiger partial charge >= 0.3 is 0 Å². The second kappa shape index (κ2) is 3.93. The van der Waals surface area contributed by atoms with E-state index in [1.165, 1.54) is 5.56 Å². The van der Waals surface area contributed by atoms with Gasteiger partial charge in [0.2, 0.25) is 0 Å². The summed E-state index contributed by atoms with van der Waals surface area (Å²) in [5, 5.41) is 6.10. The first-order valence-electron chi connectivity index (χ1n) is 3.63. The number of pyridine rings is 1. The van der Waals surface area contributed by atoms with Gasteiger partial charge in [-0.1, -0.05) is 0 Å². The molecule has 60 valence electrons. The van der Waals surface area contributed by atoms with Gasteiger partial charge in [0, 0.05) is 26.0 Å². The van der Waals surface area contributed by atoms with Crippen molar-refractivity contribution in [3.05, 3.63) is 24.0 Å². The normalized spacial score (nSPS) is 9.64. The molecule has 0 aliphatic carbocycles. The molecule has 0 aromatic carbocycles. The molecule has 0 saturated heterocycles. The van der Waals surface area contributed by atoms with Gasteiger partial charge in [-0.15, -0.1) is 0 Å². The maximum absolute atomic E-state index is 4.07. The third kappa shape index (κ3) is 2.20. The molecule has 0 saturated carbocycles. The highest BCUT2D eigenvalue weighted by atomic mass is 14.9. The van der Waals surface area contributed by atoms with Crippen LogP contribution in [0, 0.1) is 0 Å². The van der Waals surface area contributed by atoms with Crippen LogP contribution in [0.3, 0.4) is 0 Å². The van der Waals surface area contributed by atoms with Crippen molar-refractivity contribution in [1.29, 1.82) is 0 Å². The zero-order valence-corrected chi connectivity index (χ0v) is 6.89. The third-order valence-electron chi connectivity index (χ3n) is 1.46. The van der Waals surface area contributed by atoms with Gasteiger partial charge in [-0.3, -0.25) is 4.98 Å². The second-order valence-corrected chi connectivity index (χ2v) is 2.36. The standard InChI is InChI=1S/C8H13N3/c1-9-4-7-3-8(10-2)6-11-5-7/h3,5-6,9-10H,4H2,1-2H3. The highest BCUT2D eigenvalue weighted by Crippen LogP contribution is 2.06. The molecule has 3 heteroatoms. The van der Waals surface area contributed by atoms with Crippen LogP contribution in [0.25, 0.3) is 0 Å². The van der Waals surface area contributed by atoms with E-state index in [0.717, 1.165) is 12.2 Å². The summed E-state index contributed by atoms with van der Waals surface area (Å²) in [4.78, 5) is 4.07. The van der Waals surface area contributed by atoms with Crippen molar-refractivity contribution in [2.24, 2.45) is 0 Å². The van der Waals surface area contributed by atoms with Crippen LogP contribution < -0.4 is 10.6 Å². The Morgan fingerprint density at radius 1 is 1.36 bits per heavy atom. The second-order valence-electron chi connectivity index (χ2n) is 2.36. The molecule has 0 radical (unpaired) electrons. The number of hydrogen-bond acceptors (Lipinski definition) is 3. The first kappa shape index (κ1) is 8.01. The zero-order chi connectivity index (χ0) is 8.10. The van der Waals surface area contributed by atoms with Crippen molar-refractivity contribution < 1.29 is 0 Å². The topological polar surface area (TPSA) is 37.0 Å². The van der Waals surface area contributed by atoms with Gasteiger partial charge in [-0.05, 0) is 18.7 Å². The monoisotopic (exact) mass is 151 g/mol. The van der Waals surface area contributed by atoms with E-state index in [1.807, 2.05) is 20.3 Å². The Balaban J connectivity index is 2.74. The van der Waals surface area contributed by atoms with Crippen LogP contribution in [0.15, 0.2) is 18.5 Å². The van der Waals surface area contributed by atoms with Crippen LogP contribution in [0.4, 0.5) is 5.69 Å². The predicted molar refractivity (Wildman–Crippen MR) is 46.5 cm³/mol. The van der Waals surface area contributed by atoms with E-state index in [4.69, 9.17) is 0 Å². The number of hydrogen-bond donors (Lipinski definition) is 2. The molecule has 1 heterocycles. The summed E-state index contributed by atoms with van der Waals surface area (Å²) < 4.78 is 0. The number of rotatable bonds is 3. The average Bonchev–Trinajstić information content (AvgIpc) is 2.06. The SMILES string of the molecule is CNCc1cncc(NC)c1. The van der Waals surface area contributed by atoms with Crippen molar-refractivity contribution in [2.45, 2.75) is 6.54 Å². The summed E-state index contributed by atoms with van der Waals surface area (Å²) in [6, 6.07) is 2.07. The largest absolute Gasteiger partial charge is 0.387 e. The van der Waals surface area contributed by atoms with Gasteiger partial charge in [0.15, 0.2) is 0 Å². The van der Waals surface area contributed by atoms with Crippen molar-refractivity contribution >= 4 is 5.69 Å². The smallest absolute Gasteiger partial charge is 0.0527 e. The van der Waals surface area contributed by atoms with Crippen LogP contribution in [0.2, 0.25) is 0 Å². The lowest BCUT2D eigenvalue weighted by Crippen LogP contribution is -2.05. The lowest BCUT2D eigenvalue weighted by Gasteiger charge is -2.02. The quantitative estimate of drug-likeness (QED) is 0.672. The van der Waals surface area contributed by atoms with E-state index in [9.17, 15) is 0 Å². The summed E-state index contributed by atoms with van der Waals surface area (Å²) in [5.41, 5.74) is 2.25. The molecule has 0 unspecified atom stereocenters. The van der Waals surface area contributed by atoms with Gasteiger partial charge in [0.25, 0.3) is 0 Å². The molecule has 0 bridgehead atoms. The van der Waals surface area contributed by atoms with Gasteiger partial charge in [0.1, 0.15) is 0 Å². The van der Waals surface area contributed by atoms with Gasteiger partial charge < -0.3 is 10.6 Å². The van der Waals surface area contributed by atoms with E-state index < -0.39 is 0 Å². The molecule has 11 heavy (non-hydrogen) atoms. The molecule has 0 fully saturated rings. The van der Waals surface area contributed by atoms with Crippen LogP contribution in [-0.2, 0) is 6.54 Å². The Labute approximate surface area is 66.8 Å². The van der Waals surface area contributed by atoms with Crippen molar-refractivity contribution in [1.82, 2.24) is 10.3 Å². The minimum absolute atomic E-state index is 0.864. The lowest BCUT2D eigenvalue weighted by atomic mass is 10.2. The highest BCUT2D eigenvalue weighted by molar-refractivity contribution is 5.41. The fraction of sp³-hybridized carbons (Fsp3) is 0.375. The molecule has 0 aliphatic heterocycles.